The Morgan fingerprint density at radius 2 is 2.50 bits per heavy atom. The summed E-state index contributed by atoms with van der Waals surface area (Å²) < 4.78 is 4.62. The SMILES string of the molecule is COC(=O)N1CCCC1CCO. The van der Waals surface area contributed by atoms with Crippen LogP contribution in [0.1, 0.15) is 19.3 Å². The Morgan fingerprint density at radius 3 is 3.08 bits per heavy atom. The molecule has 0 aliphatic carbocycles. The number of amides is 1. The van der Waals surface area contributed by atoms with E-state index in [9.17, 15) is 4.79 Å². The van der Waals surface area contributed by atoms with Crippen molar-refractivity contribution in [1.29, 1.82) is 0 Å². The van der Waals surface area contributed by atoms with Crippen LogP contribution in [0.15, 0.2) is 0 Å². The van der Waals surface area contributed by atoms with Crippen LogP contribution in [0.25, 0.3) is 0 Å². The van der Waals surface area contributed by atoms with Gasteiger partial charge in [0.1, 0.15) is 0 Å². The highest BCUT2D eigenvalue weighted by atomic mass is 16.5. The molecule has 1 aliphatic rings. The molecule has 0 aromatic carbocycles. The number of carbonyl (C=O) groups excluding carboxylic acids is 1. The van der Waals surface area contributed by atoms with Crippen LogP contribution >= 0.6 is 0 Å². The molecule has 1 atom stereocenters. The lowest BCUT2D eigenvalue weighted by Crippen LogP contribution is -2.35. The predicted octanol–water partition coefficient (Wildman–Crippen LogP) is 0.600. The highest BCUT2D eigenvalue weighted by Gasteiger charge is 2.28. The molecule has 0 saturated carbocycles. The van der Waals surface area contributed by atoms with Gasteiger partial charge in [0.15, 0.2) is 0 Å². The fourth-order valence-corrected chi connectivity index (χ4v) is 1.64. The van der Waals surface area contributed by atoms with Gasteiger partial charge in [0, 0.05) is 19.2 Å². The highest BCUT2D eigenvalue weighted by molar-refractivity contribution is 5.68. The number of aliphatic hydroxyl groups is 1. The number of aliphatic hydroxyl groups excluding tert-OH is 1. The second-order valence-electron chi connectivity index (χ2n) is 2.97. The van der Waals surface area contributed by atoms with Crippen molar-refractivity contribution in [2.45, 2.75) is 25.3 Å². The molecule has 4 heteroatoms. The Balaban J connectivity index is 2.45. The third-order valence-electron chi connectivity index (χ3n) is 2.25. The summed E-state index contributed by atoms with van der Waals surface area (Å²) in [6, 6.07) is 0.183. The monoisotopic (exact) mass is 173 g/mol. The van der Waals surface area contributed by atoms with E-state index in [2.05, 4.69) is 4.74 Å². The lowest BCUT2D eigenvalue weighted by molar-refractivity contribution is 0.112. The molecule has 4 nitrogen and oxygen atoms in total. The summed E-state index contributed by atoms with van der Waals surface area (Å²) in [4.78, 5) is 12.8. The van der Waals surface area contributed by atoms with Gasteiger partial charge in [0.05, 0.1) is 7.11 Å². The van der Waals surface area contributed by atoms with E-state index in [0.29, 0.717) is 6.42 Å². The minimum absolute atomic E-state index is 0.137. The van der Waals surface area contributed by atoms with Crippen LogP contribution in [0, 0.1) is 0 Å². The minimum Gasteiger partial charge on any atom is -0.453 e. The van der Waals surface area contributed by atoms with Gasteiger partial charge in [-0.05, 0) is 19.3 Å². The van der Waals surface area contributed by atoms with E-state index in [1.54, 1.807) is 4.90 Å². The average Bonchev–Trinajstić information content (AvgIpc) is 2.52. The number of methoxy groups -OCH3 is 1. The fraction of sp³-hybridized carbons (Fsp3) is 0.875. The van der Waals surface area contributed by atoms with Crippen molar-refractivity contribution in [1.82, 2.24) is 4.90 Å². The van der Waals surface area contributed by atoms with Crippen molar-refractivity contribution in [3.8, 4) is 0 Å². The third kappa shape index (κ3) is 1.88. The van der Waals surface area contributed by atoms with E-state index in [4.69, 9.17) is 5.11 Å². The van der Waals surface area contributed by atoms with Gasteiger partial charge < -0.3 is 14.7 Å². The fourth-order valence-electron chi connectivity index (χ4n) is 1.64. The normalized spacial score (nSPS) is 22.8. The van der Waals surface area contributed by atoms with E-state index >= 15 is 0 Å². The molecule has 0 bridgehead atoms. The molecule has 0 aromatic heterocycles. The lowest BCUT2D eigenvalue weighted by Gasteiger charge is -2.22. The summed E-state index contributed by atoms with van der Waals surface area (Å²) in [5, 5.41) is 8.72. The first-order valence-corrected chi connectivity index (χ1v) is 4.25. The Morgan fingerprint density at radius 1 is 1.75 bits per heavy atom. The summed E-state index contributed by atoms with van der Waals surface area (Å²) in [6.45, 7) is 0.898. The van der Waals surface area contributed by atoms with E-state index in [-0.39, 0.29) is 18.7 Å². The van der Waals surface area contributed by atoms with Gasteiger partial charge in [-0.3, -0.25) is 0 Å². The molecule has 1 saturated heterocycles. The topological polar surface area (TPSA) is 49.8 Å². The van der Waals surface area contributed by atoms with Gasteiger partial charge in [0.25, 0.3) is 0 Å². The first kappa shape index (κ1) is 9.32. The lowest BCUT2D eigenvalue weighted by atomic mass is 10.1. The zero-order chi connectivity index (χ0) is 8.97. The number of ether oxygens (including phenoxy) is 1. The first-order valence-electron chi connectivity index (χ1n) is 4.25. The van der Waals surface area contributed by atoms with Gasteiger partial charge in [-0.1, -0.05) is 0 Å². The number of hydrogen-bond donors (Lipinski definition) is 1. The van der Waals surface area contributed by atoms with Gasteiger partial charge >= 0.3 is 6.09 Å². The molecule has 1 amide bonds. The standard InChI is InChI=1S/C8H15NO3/c1-12-8(11)9-5-2-3-7(9)4-6-10/h7,10H,2-6H2,1H3. The van der Waals surface area contributed by atoms with Crippen molar-refractivity contribution in [2.75, 3.05) is 20.3 Å². The van der Waals surface area contributed by atoms with Gasteiger partial charge in [-0.15, -0.1) is 0 Å². The number of nitrogens with zero attached hydrogens (tertiary/aromatic N) is 1. The zero-order valence-corrected chi connectivity index (χ0v) is 7.32. The maximum atomic E-state index is 11.1. The summed E-state index contributed by atoms with van der Waals surface area (Å²) in [6.07, 6.45) is 2.39. The second-order valence-corrected chi connectivity index (χ2v) is 2.97. The molecule has 0 aromatic rings. The zero-order valence-electron chi connectivity index (χ0n) is 7.32. The smallest absolute Gasteiger partial charge is 0.409 e. The van der Waals surface area contributed by atoms with Crippen LogP contribution in [0.3, 0.4) is 0 Å². The van der Waals surface area contributed by atoms with Crippen molar-refractivity contribution < 1.29 is 14.6 Å². The molecule has 1 fully saturated rings. The Kier molecular flexibility index (Phi) is 3.34. The predicted molar refractivity (Wildman–Crippen MR) is 43.8 cm³/mol. The second kappa shape index (κ2) is 4.30. The largest absolute Gasteiger partial charge is 0.453 e. The van der Waals surface area contributed by atoms with Crippen molar-refractivity contribution in [2.24, 2.45) is 0 Å². The number of hydrogen-bond acceptors (Lipinski definition) is 3. The maximum Gasteiger partial charge on any atom is 0.409 e. The molecule has 1 rings (SSSR count). The van der Waals surface area contributed by atoms with E-state index in [0.717, 1.165) is 19.4 Å². The third-order valence-corrected chi connectivity index (χ3v) is 2.25. The summed E-state index contributed by atoms with van der Waals surface area (Å²) in [5.74, 6) is 0. The molecular formula is C8H15NO3. The van der Waals surface area contributed by atoms with E-state index in [1.165, 1.54) is 7.11 Å². The molecular weight excluding hydrogens is 158 g/mol. The maximum absolute atomic E-state index is 11.1. The number of carbonyl (C=O) groups is 1. The number of rotatable bonds is 2. The van der Waals surface area contributed by atoms with Crippen LogP contribution in [0.2, 0.25) is 0 Å². The summed E-state index contributed by atoms with van der Waals surface area (Å²) in [7, 11) is 1.39. The highest BCUT2D eigenvalue weighted by Crippen LogP contribution is 2.20. The van der Waals surface area contributed by atoms with E-state index in [1.807, 2.05) is 0 Å². The first-order chi connectivity index (χ1) is 5.79. The molecule has 1 N–H and O–H groups in total. The van der Waals surface area contributed by atoms with Crippen LogP contribution in [0.4, 0.5) is 4.79 Å². The molecule has 12 heavy (non-hydrogen) atoms. The summed E-state index contributed by atoms with van der Waals surface area (Å²) in [5.41, 5.74) is 0. The number of likely N-dealkylation sites (tertiary alicyclic amines) is 1. The molecule has 1 aliphatic heterocycles. The Bertz CT molecular complexity index is 160. The minimum atomic E-state index is -0.272. The van der Waals surface area contributed by atoms with Gasteiger partial charge in [0.2, 0.25) is 0 Å². The average molecular weight is 173 g/mol. The Hall–Kier alpha value is -0.770. The van der Waals surface area contributed by atoms with Crippen LogP contribution in [0.5, 0.6) is 0 Å². The van der Waals surface area contributed by atoms with Crippen molar-refractivity contribution in [3.05, 3.63) is 0 Å². The molecule has 0 spiro atoms. The summed E-state index contributed by atoms with van der Waals surface area (Å²) >= 11 is 0. The molecule has 70 valence electrons. The van der Waals surface area contributed by atoms with Crippen LogP contribution in [-0.4, -0.2) is 42.4 Å². The van der Waals surface area contributed by atoms with Crippen LogP contribution < -0.4 is 0 Å². The van der Waals surface area contributed by atoms with Crippen molar-refractivity contribution >= 4 is 6.09 Å². The van der Waals surface area contributed by atoms with Gasteiger partial charge in [-0.2, -0.15) is 0 Å². The quantitative estimate of drug-likeness (QED) is 0.665. The van der Waals surface area contributed by atoms with Crippen LogP contribution in [-0.2, 0) is 4.74 Å². The molecule has 0 radical (unpaired) electrons. The molecule has 1 unspecified atom stereocenters. The molecule has 1 heterocycles. The Labute approximate surface area is 72.1 Å². The van der Waals surface area contributed by atoms with Gasteiger partial charge in [-0.25, -0.2) is 4.79 Å². The van der Waals surface area contributed by atoms with Crippen molar-refractivity contribution in [3.63, 3.8) is 0 Å². The van der Waals surface area contributed by atoms with E-state index < -0.39 is 0 Å².